The molecule has 0 fully saturated rings. The van der Waals surface area contributed by atoms with E-state index >= 15 is 0 Å². The quantitative estimate of drug-likeness (QED) is 0.594. The summed E-state index contributed by atoms with van der Waals surface area (Å²) in [7, 11) is -0.613. The highest BCUT2D eigenvalue weighted by atomic mass is 32.2. The number of rotatable bonds is 5. The molecule has 0 saturated carbocycles. The fourth-order valence-electron chi connectivity index (χ4n) is 4.27. The lowest BCUT2D eigenvalue weighted by Gasteiger charge is -2.36. The highest BCUT2D eigenvalue weighted by molar-refractivity contribution is 7.92. The van der Waals surface area contributed by atoms with Gasteiger partial charge >= 0.3 is 6.03 Å². The molecule has 11 heteroatoms. The van der Waals surface area contributed by atoms with Crippen molar-refractivity contribution in [3.8, 4) is 5.75 Å². The van der Waals surface area contributed by atoms with Gasteiger partial charge in [0.15, 0.2) is 0 Å². The number of anilines is 1. The largest absolute Gasteiger partial charge is 0.491 e. The standard InChI is InChI=1S/C27H38N4O6S/c1-18(2)28-27(33)31-15-19(3)25(36-6)16-30(5)26(32)23-14-21(12-13-24(23)37-17-20(31)4)29-38(34,35)22-10-8-7-9-11-22/h7-14,18-20,25,29H,15-17H2,1-6H3,(H,28,33)/t19-,20-,25-/m0/s1. The Morgan fingerprint density at radius 2 is 1.79 bits per heavy atom. The summed E-state index contributed by atoms with van der Waals surface area (Å²) in [5, 5.41) is 2.95. The summed E-state index contributed by atoms with van der Waals surface area (Å²) in [6.45, 7) is 8.48. The maximum Gasteiger partial charge on any atom is 0.317 e. The van der Waals surface area contributed by atoms with Crippen molar-refractivity contribution in [1.82, 2.24) is 15.1 Å². The van der Waals surface area contributed by atoms with Crippen LogP contribution in [0.15, 0.2) is 53.4 Å². The number of amides is 3. The van der Waals surface area contributed by atoms with Crippen LogP contribution in [0.25, 0.3) is 0 Å². The number of nitrogens with one attached hydrogen (secondary N) is 2. The summed E-state index contributed by atoms with van der Waals surface area (Å²) in [6.07, 6.45) is -0.339. The van der Waals surface area contributed by atoms with Crippen molar-refractivity contribution in [2.75, 3.05) is 38.6 Å². The normalized spacial score (nSPS) is 21.1. The zero-order valence-electron chi connectivity index (χ0n) is 22.8. The summed E-state index contributed by atoms with van der Waals surface area (Å²) in [5.41, 5.74) is 0.432. The number of methoxy groups -OCH3 is 1. The summed E-state index contributed by atoms with van der Waals surface area (Å²) in [5.74, 6) is -0.126. The van der Waals surface area contributed by atoms with E-state index in [1.165, 1.54) is 23.1 Å². The zero-order chi connectivity index (χ0) is 28.0. The number of urea groups is 1. The van der Waals surface area contributed by atoms with E-state index in [2.05, 4.69) is 10.0 Å². The average molecular weight is 547 g/mol. The predicted molar refractivity (Wildman–Crippen MR) is 146 cm³/mol. The van der Waals surface area contributed by atoms with Gasteiger partial charge in [-0.3, -0.25) is 9.52 Å². The van der Waals surface area contributed by atoms with Crippen LogP contribution in [0, 0.1) is 5.92 Å². The summed E-state index contributed by atoms with van der Waals surface area (Å²) >= 11 is 0. The average Bonchev–Trinajstić information content (AvgIpc) is 2.87. The number of hydrogen-bond acceptors (Lipinski definition) is 6. The number of hydrogen-bond donors (Lipinski definition) is 2. The third kappa shape index (κ3) is 7.16. The number of ether oxygens (including phenoxy) is 2. The molecule has 0 saturated heterocycles. The van der Waals surface area contributed by atoms with E-state index in [0.717, 1.165) is 0 Å². The molecule has 38 heavy (non-hydrogen) atoms. The maximum atomic E-state index is 13.5. The van der Waals surface area contributed by atoms with Crippen LogP contribution in [0.5, 0.6) is 5.75 Å². The molecule has 3 amide bonds. The Morgan fingerprint density at radius 1 is 1.11 bits per heavy atom. The highest BCUT2D eigenvalue weighted by Crippen LogP contribution is 2.27. The molecule has 0 spiro atoms. The van der Waals surface area contributed by atoms with Gasteiger partial charge in [-0.1, -0.05) is 25.1 Å². The van der Waals surface area contributed by atoms with Gasteiger partial charge in [0.2, 0.25) is 0 Å². The number of benzene rings is 2. The molecule has 0 radical (unpaired) electrons. The lowest BCUT2D eigenvalue weighted by Crippen LogP contribution is -2.52. The number of carbonyl (C=O) groups excluding carboxylic acids is 2. The third-order valence-electron chi connectivity index (χ3n) is 6.42. The van der Waals surface area contributed by atoms with Gasteiger partial charge in [0.1, 0.15) is 12.4 Å². The Kier molecular flexibility index (Phi) is 9.61. The molecule has 1 aliphatic heterocycles. The Morgan fingerprint density at radius 3 is 2.42 bits per heavy atom. The molecule has 0 aliphatic carbocycles. The lowest BCUT2D eigenvalue weighted by molar-refractivity contribution is 0.0165. The van der Waals surface area contributed by atoms with Crippen molar-refractivity contribution < 1.29 is 27.5 Å². The van der Waals surface area contributed by atoms with Crippen molar-refractivity contribution in [1.29, 1.82) is 0 Å². The van der Waals surface area contributed by atoms with Crippen LogP contribution in [0.1, 0.15) is 38.1 Å². The molecule has 2 aromatic carbocycles. The molecule has 3 atom stereocenters. The number of fused-ring (bicyclic) bond motifs is 1. The summed E-state index contributed by atoms with van der Waals surface area (Å²) in [6, 6.07) is 12.0. The molecule has 1 aliphatic rings. The Labute approximate surface area is 225 Å². The topological polar surface area (TPSA) is 117 Å². The molecule has 2 N–H and O–H groups in total. The van der Waals surface area contributed by atoms with Gasteiger partial charge in [0, 0.05) is 44.9 Å². The minimum atomic E-state index is -3.85. The second-order valence-electron chi connectivity index (χ2n) is 9.98. The predicted octanol–water partition coefficient (Wildman–Crippen LogP) is 3.41. The highest BCUT2D eigenvalue weighted by Gasteiger charge is 2.30. The van der Waals surface area contributed by atoms with Crippen molar-refractivity contribution in [3.05, 3.63) is 54.1 Å². The van der Waals surface area contributed by atoms with Crippen molar-refractivity contribution >= 4 is 27.6 Å². The van der Waals surface area contributed by atoms with Crippen LogP contribution in [0.2, 0.25) is 0 Å². The number of carbonyl (C=O) groups is 2. The summed E-state index contributed by atoms with van der Waals surface area (Å²) < 4.78 is 40.0. The molecule has 10 nitrogen and oxygen atoms in total. The van der Waals surface area contributed by atoms with E-state index in [1.807, 2.05) is 27.7 Å². The van der Waals surface area contributed by atoms with E-state index in [4.69, 9.17) is 9.47 Å². The SMILES string of the molecule is CO[C@H]1CN(C)C(=O)c2cc(NS(=O)(=O)c3ccccc3)ccc2OC[C@H](C)N(C(=O)NC(C)C)C[C@@H]1C. The second kappa shape index (κ2) is 12.5. The first-order valence-corrected chi connectivity index (χ1v) is 14.1. The van der Waals surface area contributed by atoms with Gasteiger partial charge in [0.25, 0.3) is 15.9 Å². The van der Waals surface area contributed by atoms with Crippen LogP contribution >= 0.6 is 0 Å². The van der Waals surface area contributed by atoms with Gasteiger partial charge < -0.3 is 24.6 Å². The van der Waals surface area contributed by atoms with Crippen molar-refractivity contribution in [3.63, 3.8) is 0 Å². The van der Waals surface area contributed by atoms with Gasteiger partial charge in [-0.05, 0) is 51.1 Å². The van der Waals surface area contributed by atoms with Gasteiger partial charge in [-0.15, -0.1) is 0 Å². The van der Waals surface area contributed by atoms with Crippen molar-refractivity contribution in [2.45, 2.75) is 50.8 Å². The molecule has 3 rings (SSSR count). The van der Waals surface area contributed by atoms with Crippen LogP contribution in [0.3, 0.4) is 0 Å². The monoisotopic (exact) mass is 546 g/mol. The van der Waals surface area contributed by atoms with E-state index in [1.54, 1.807) is 49.4 Å². The van der Waals surface area contributed by atoms with Gasteiger partial charge in [-0.2, -0.15) is 0 Å². The Hall–Kier alpha value is -3.31. The Balaban J connectivity index is 1.97. The number of likely N-dealkylation sites (N-methyl/N-ethyl adjacent to an activating group) is 1. The van der Waals surface area contributed by atoms with Crippen LogP contribution < -0.4 is 14.8 Å². The van der Waals surface area contributed by atoms with E-state index in [-0.39, 0.29) is 65.3 Å². The molecule has 0 aromatic heterocycles. The van der Waals surface area contributed by atoms with Crippen molar-refractivity contribution in [2.24, 2.45) is 5.92 Å². The first kappa shape index (κ1) is 29.2. The molecular formula is C27H38N4O6S. The first-order chi connectivity index (χ1) is 17.9. The molecule has 2 aromatic rings. The molecule has 1 heterocycles. The summed E-state index contributed by atoms with van der Waals surface area (Å²) in [4.78, 5) is 29.9. The fourth-order valence-corrected chi connectivity index (χ4v) is 5.34. The zero-order valence-corrected chi connectivity index (χ0v) is 23.6. The Bertz CT molecular complexity index is 1220. The van der Waals surface area contributed by atoms with Gasteiger partial charge in [-0.25, -0.2) is 13.2 Å². The molecule has 208 valence electrons. The van der Waals surface area contributed by atoms with Crippen LogP contribution in [0.4, 0.5) is 10.5 Å². The minimum absolute atomic E-state index is 0.0342. The second-order valence-corrected chi connectivity index (χ2v) is 11.7. The lowest BCUT2D eigenvalue weighted by atomic mass is 10.0. The molecular weight excluding hydrogens is 508 g/mol. The molecule has 0 bridgehead atoms. The minimum Gasteiger partial charge on any atom is -0.491 e. The maximum absolute atomic E-state index is 13.5. The third-order valence-corrected chi connectivity index (χ3v) is 7.82. The number of nitrogens with zero attached hydrogens (tertiary/aromatic N) is 2. The first-order valence-electron chi connectivity index (χ1n) is 12.6. The fraction of sp³-hybridized carbons (Fsp3) is 0.481. The number of sulfonamides is 1. The smallest absolute Gasteiger partial charge is 0.317 e. The van der Waals surface area contributed by atoms with Gasteiger partial charge in [0.05, 0.1) is 22.6 Å². The molecule has 0 unspecified atom stereocenters. The van der Waals surface area contributed by atoms with E-state index in [0.29, 0.717) is 12.3 Å². The van der Waals surface area contributed by atoms with Crippen LogP contribution in [-0.4, -0.2) is 82.2 Å². The van der Waals surface area contributed by atoms with E-state index in [9.17, 15) is 18.0 Å². The van der Waals surface area contributed by atoms with Crippen LogP contribution in [-0.2, 0) is 14.8 Å². The van der Waals surface area contributed by atoms with E-state index < -0.39 is 10.0 Å².